The number of amides is 2. The number of hydrogen-bond acceptors (Lipinski definition) is 4. The predicted molar refractivity (Wildman–Crippen MR) is 81.6 cm³/mol. The average Bonchev–Trinajstić information content (AvgIpc) is 3.00. The SMILES string of the molecule is CCn1cc(NC(=O)NC[C@@H]2OCCc3ccccc32)nn1. The van der Waals surface area contributed by atoms with E-state index < -0.39 is 0 Å². The molecular formula is C15H19N5O2. The van der Waals surface area contributed by atoms with Crippen molar-refractivity contribution < 1.29 is 9.53 Å². The molecule has 0 bridgehead atoms. The minimum absolute atomic E-state index is 0.109. The summed E-state index contributed by atoms with van der Waals surface area (Å²) < 4.78 is 7.40. The van der Waals surface area contributed by atoms with Crippen LogP contribution in [0.2, 0.25) is 0 Å². The van der Waals surface area contributed by atoms with E-state index >= 15 is 0 Å². The van der Waals surface area contributed by atoms with Gasteiger partial charge in [-0.1, -0.05) is 29.5 Å². The molecule has 7 heteroatoms. The molecule has 22 heavy (non-hydrogen) atoms. The van der Waals surface area contributed by atoms with Gasteiger partial charge in [-0.05, 0) is 24.5 Å². The zero-order chi connectivity index (χ0) is 15.4. The van der Waals surface area contributed by atoms with Crippen LogP contribution in [-0.2, 0) is 17.7 Å². The smallest absolute Gasteiger partial charge is 0.320 e. The van der Waals surface area contributed by atoms with Crippen LogP contribution in [0.25, 0.3) is 0 Å². The van der Waals surface area contributed by atoms with Crippen LogP contribution in [0.5, 0.6) is 0 Å². The van der Waals surface area contributed by atoms with Crippen molar-refractivity contribution in [3.63, 3.8) is 0 Å². The van der Waals surface area contributed by atoms with Crippen LogP contribution in [0.4, 0.5) is 10.6 Å². The highest BCUT2D eigenvalue weighted by atomic mass is 16.5. The lowest BCUT2D eigenvalue weighted by molar-refractivity contribution is 0.0444. The first-order chi connectivity index (χ1) is 10.8. The predicted octanol–water partition coefficient (Wildman–Crippen LogP) is 1.73. The standard InChI is InChI=1S/C15H19N5O2/c1-2-20-10-14(18-19-20)17-15(21)16-9-13-12-6-4-3-5-11(12)7-8-22-13/h3-6,10,13H,2,7-9H2,1H3,(H2,16,17,21)/t13-/m0/s1. The number of urea groups is 1. The molecule has 0 spiro atoms. The Kier molecular flexibility index (Phi) is 4.34. The van der Waals surface area contributed by atoms with Gasteiger partial charge in [-0.15, -0.1) is 5.10 Å². The fourth-order valence-electron chi connectivity index (χ4n) is 2.50. The van der Waals surface area contributed by atoms with E-state index in [9.17, 15) is 4.79 Å². The monoisotopic (exact) mass is 301 g/mol. The molecule has 0 fully saturated rings. The Morgan fingerprint density at radius 1 is 1.45 bits per heavy atom. The zero-order valence-electron chi connectivity index (χ0n) is 12.5. The van der Waals surface area contributed by atoms with Crippen molar-refractivity contribution >= 4 is 11.8 Å². The number of carbonyl (C=O) groups excluding carboxylic acids is 1. The minimum Gasteiger partial charge on any atom is -0.371 e. The Bertz CT molecular complexity index is 655. The highest BCUT2D eigenvalue weighted by Gasteiger charge is 2.20. The van der Waals surface area contributed by atoms with Crippen LogP contribution in [-0.4, -0.2) is 34.2 Å². The van der Waals surface area contributed by atoms with Gasteiger partial charge in [0.15, 0.2) is 5.82 Å². The van der Waals surface area contributed by atoms with E-state index in [0.717, 1.165) is 12.0 Å². The molecule has 2 N–H and O–H groups in total. The van der Waals surface area contributed by atoms with Gasteiger partial charge in [0.05, 0.1) is 12.8 Å². The molecule has 2 heterocycles. The van der Waals surface area contributed by atoms with E-state index in [2.05, 4.69) is 27.0 Å². The van der Waals surface area contributed by atoms with E-state index in [1.54, 1.807) is 10.9 Å². The third-order valence-electron chi connectivity index (χ3n) is 3.64. The number of ether oxygens (including phenoxy) is 1. The molecule has 0 aliphatic carbocycles. The molecule has 3 rings (SSSR count). The molecule has 0 saturated heterocycles. The molecule has 116 valence electrons. The lowest BCUT2D eigenvalue weighted by Gasteiger charge is -2.26. The Balaban J connectivity index is 1.55. The van der Waals surface area contributed by atoms with Crippen LogP contribution in [0, 0.1) is 0 Å². The summed E-state index contributed by atoms with van der Waals surface area (Å²) in [7, 11) is 0. The van der Waals surface area contributed by atoms with E-state index in [4.69, 9.17) is 4.74 Å². The van der Waals surface area contributed by atoms with Gasteiger partial charge in [-0.3, -0.25) is 10.00 Å². The average molecular weight is 301 g/mol. The van der Waals surface area contributed by atoms with Gasteiger partial charge >= 0.3 is 6.03 Å². The highest BCUT2D eigenvalue weighted by molar-refractivity contribution is 5.87. The maximum atomic E-state index is 11.9. The second kappa shape index (κ2) is 6.57. The molecule has 0 saturated carbocycles. The van der Waals surface area contributed by atoms with Crippen molar-refractivity contribution in [1.82, 2.24) is 20.3 Å². The number of aromatic nitrogens is 3. The van der Waals surface area contributed by atoms with E-state index in [-0.39, 0.29) is 12.1 Å². The largest absolute Gasteiger partial charge is 0.371 e. The molecule has 7 nitrogen and oxygen atoms in total. The number of hydrogen-bond donors (Lipinski definition) is 2. The fourth-order valence-corrected chi connectivity index (χ4v) is 2.50. The van der Waals surface area contributed by atoms with Crippen molar-refractivity contribution in [3.05, 3.63) is 41.6 Å². The second-order valence-corrected chi connectivity index (χ2v) is 5.10. The quantitative estimate of drug-likeness (QED) is 0.901. The Morgan fingerprint density at radius 2 is 2.32 bits per heavy atom. The molecule has 1 atom stereocenters. The number of fused-ring (bicyclic) bond motifs is 1. The number of nitrogens with one attached hydrogen (secondary N) is 2. The van der Waals surface area contributed by atoms with Crippen LogP contribution >= 0.6 is 0 Å². The molecule has 2 amide bonds. The first kappa shape index (κ1) is 14.5. The summed E-state index contributed by atoms with van der Waals surface area (Å²) in [5, 5.41) is 13.2. The molecular weight excluding hydrogens is 282 g/mol. The lowest BCUT2D eigenvalue weighted by atomic mass is 9.98. The van der Waals surface area contributed by atoms with Gasteiger partial charge < -0.3 is 10.1 Å². The van der Waals surface area contributed by atoms with Crippen molar-refractivity contribution in [1.29, 1.82) is 0 Å². The topological polar surface area (TPSA) is 81.1 Å². The van der Waals surface area contributed by atoms with Crippen molar-refractivity contribution in [3.8, 4) is 0 Å². The maximum absolute atomic E-state index is 11.9. The maximum Gasteiger partial charge on any atom is 0.320 e. The lowest BCUT2D eigenvalue weighted by Crippen LogP contribution is -2.34. The minimum atomic E-state index is -0.310. The summed E-state index contributed by atoms with van der Waals surface area (Å²) >= 11 is 0. The molecule has 0 unspecified atom stereocenters. The number of anilines is 1. The van der Waals surface area contributed by atoms with E-state index in [1.807, 2.05) is 25.1 Å². The van der Waals surface area contributed by atoms with E-state index in [0.29, 0.717) is 25.5 Å². The van der Waals surface area contributed by atoms with E-state index in [1.165, 1.54) is 5.56 Å². The molecule has 1 aliphatic heterocycles. The molecule has 2 aromatic rings. The van der Waals surface area contributed by atoms with Crippen LogP contribution in [0.1, 0.15) is 24.2 Å². The summed E-state index contributed by atoms with van der Waals surface area (Å²) in [5.74, 6) is 0.435. The number of nitrogens with zero attached hydrogens (tertiary/aromatic N) is 3. The number of benzene rings is 1. The van der Waals surface area contributed by atoms with Crippen LogP contribution in [0.3, 0.4) is 0 Å². The van der Waals surface area contributed by atoms with Gasteiger partial charge in [0, 0.05) is 13.1 Å². The summed E-state index contributed by atoms with van der Waals surface area (Å²) in [6.07, 6.45) is 2.49. The van der Waals surface area contributed by atoms with Gasteiger partial charge in [0.1, 0.15) is 6.10 Å². The third-order valence-corrected chi connectivity index (χ3v) is 3.64. The van der Waals surface area contributed by atoms with Gasteiger partial charge in [-0.25, -0.2) is 4.79 Å². The molecule has 0 radical (unpaired) electrons. The van der Waals surface area contributed by atoms with Crippen LogP contribution in [0.15, 0.2) is 30.5 Å². The van der Waals surface area contributed by atoms with Gasteiger partial charge in [0.2, 0.25) is 0 Å². The number of aryl methyl sites for hydroxylation is 1. The highest BCUT2D eigenvalue weighted by Crippen LogP contribution is 2.26. The number of carbonyl (C=O) groups is 1. The fraction of sp³-hybridized carbons (Fsp3) is 0.400. The summed E-state index contributed by atoms with van der Waals surface area (Å²) in [6, 6.07) is 7.86. The van der Waals surface area contributed by atoms with Gasteiger partial charge in [0.25, 0.3) is 0 Å². The number of rotatable bonds is 4. The molecule has 1 aliphatic rings. The van der Waals surface area contributed by atoms with Crippen molar-refractivity contribution in [2.75, 3.05) is 18.5 Å². The first-order valence-corrected chi connectivity index (χ1v) is 7.40. The third kappa shape index (κ3) is 3.25. The van der Waals surface area contributed by atoms with Gasteiger partial charge in [-0.2, -0.15) is 0 Å². The van der Waals surface area contributed by atoms with Crippen molar-refractivity contribution in [2.45, 2.75) is 26.0 Å². The second-order valence-electron chi connectivity index (χ2n) is 5.10. The van der Waals surface area contributed by atoms with Crippen molar-refractivity contribution in [2.24, 2.45) is 0 Å². The molecule has 1 aromatic carbocycles. The van der Waals surface area contributed by atoms with Crippen LogP contribution < -0.4 is 10.6 Å². The first-order valence-electron chi connectivity index (χ1n) is 7.40. The summed E-state index contributed by atoms with van der Waals surface area (Å²) in [6.45, 7) is 3.76. The zero-order valence-corrected chi connectivity index (χ0v) is 12.5. The molecule has 1 aromatic heterocycles. The Labute approximate surface area is 128 Å². The summed E-state index contributed by atoms with van der Waals surface area (Å²) in [5.41, 5.74) is 2.43. The summed E-state index contributed by atoms with van der Waals surface area (Å²) in [4.78, 5) is 11.9. The Hall–Kier alpha value is -2.41. The normalized spacial score (nSPS) is 16.9. The Morgan fingerprint density at radius 3 is 3.14 bits per heavy atom.